The molecule has 1 fully saturated rings. The van der Waals surface area contributed by atoms with Gasteiger partial charge in [0.15, 0.2) is 8.32 Å². The van der Waals surface area contributed by atoms with Gasteiger partial charge in [0.05, 0.1) is 34.2 Å². The molecule has 1 aromatic carbocycles. The summed E-state index contributed by atoms with van der Waals surface area (Å²) in [6.07, 6.45) is 1.41. The molecule has 3 heterocycles. The van der Waals surface area contributed by atoms with Crippen LogP contribution in [-0.4, -0.2) is 71.6 Å². The van der Waals surface area contributed by atoms with Crippen molar-refractivity contribution in [1.29, 1.82) is 0 Å². The van der Waals surface area contributed by atoms with Crippen molar-refractivity contribution in [2.75, 3.05) is 13.6 Å². The zero-order valence-corrected chi connectivity index (χ0v) is 26.6. The number of nitrogens with zero attached hydrogens (tertiary/aromatic N) is 4. The summed E-state index contributed by atoms with van der Waals surface area (Å²) in [6.45, 7) is 11.3. The van der Waals surface area contributed by atoms with Crippen molar-refractivity contribution in [3.63, 3.8) is 0 Å². The second kappa shape index (κ2) is 13.3. The molecule has 2 aliphatic rings. The van der Waals surface area contributed by atoms with E-state index in [1.54, 1.807) is 6.20 Å². The van der Waals surface area contributed by atoms with Gasteiger partial charge in [-0.2, -0.15) is 0 Å². The van der Waals surface area contributed by atoms with Crippen molar-refractivity contribution >= 4 is 31.9 Å². The normalized spacial score (nSPS) is 20.6. The minimum atomic E-state index is -1.99. The predicted molar refractivity (Wildman–Crippen MR) is 162 cm³/mol. The molecule has 12 heteroatoms. The SMILES string of the molecule is CC[Si](CC)(CC)O[C@H](C)[C@H]1C(=O)N2C(C(=O)OC(=O)c3ccc([N+](=O)[O-])cc3)=C(CN(C)Cc3ccccn3)[C@H](C)[C@H]12. The van der Waals surface area contributed by atoms with Gasteiger partial charge in [-0.05, 0) is 61.9 Å². The van der Waals surface area contributed by atoms with Crippen molar-refractivity contribution < 1.29 is 28.5 Å². The summed E-state index contributed by atoms with van der Waals surface area (Å²) >= 11 is 0. The Balaban J connectivity index is 1.61. The number of benzene rings is 1. The van der Waals surface area contributed by atoms with Gasteiger partial charge >= 0.3 is 11.9 Å². The van der Waals surface area contributed by atoms with Crippen LogP contribution in [0.25, 0.3) is 0 Å². The van der Waals surface area contributed by atoms with Crippen molar-refractivity contribution in [3.8, 4) is 0 Å². The number of esters is 2. The number of non-ortho nitro benzene ring substituents is 1. The summed E-state index contributed by atoms with van der Waals surface area (Å²) in [5.74, 6) is -2.68. The molecule has 0 aliphatic carbocycles. The number of nitro benzene ring substituents is 1. The molecule has 43 heavy (non-hydrogen) atoms. The van der Waals surface area contributed by atoms with Crippen molar-refractivity contribution in [1.82, 2.24) is 14.8 Å². The van der Waals surface area contributed by atoms with Gasteiger partial charge in [0.1, 0.15) is 5.70 Å². The molecule has 2 aromatic rings. The molecule has 11 nitrogen and oxygen atoms in total. The average Bonchev–Trinajstić information content (AvgIpc) is 3.23. The van der Waals surface area contributed by atoms with Gasteiger partial charge in [-0.3, -0.25) is 24.8 Å². The number of fused-ring (bicyclic) bond motifs is 1. The molecule has 0 bridgehead atoms. The molecular weight excluding hydrogens is 568 g/mol. The molecule has 230 valence electrons. The van der Waals surface area contributed by atoms with Gasteiger partial charge in [0.2, 0.25) is 5.91 Å². The maximum Gasteiger partial charge on any atom is 0.362 e. The van der Waals surface area contributed by atoms with E-state index in [1.165, 1.54) is 29.2 Å². The Morgan fingerprint density at radius 1 is 1.07 bits per heavy atom. The highest BCUT2D eigenvalue weighted by Crippen LogP contribution is 2.48. The molecule has 0 spiro atoms. The van der Waals surface area contributed by atoms with E-state index < -0.39 is 31.1 Å². The minimum Gasteiger partial charge on any atom is -0.413 e. The Morgan fingerprint density at radius 2 is 1.72 bits per heavy atom. The van der Waals surface area contributed by atoms with Gasteiger partial charge in [-0.25, -0.2) is 9.59 Å². The number of likely N-dealkylation sites (N-methyl/N-ethyl adjacent to an activating group) is 1. The number of amides is 1. The van der Waals surface area contributed by atoms with Crippen molar-refractivity contribution in [2.45, 2.75) is 71.4 Å². The van der Waals surface area contributed by atoms with Crippen LogP contribution in [0.3, 0.4) is 0 Å². The van der Waals surface area contributed by atoms with Crippen LogP contribution in [0.5, 0.6) is 0 Å². The molecule has 0 saturated carbocycles. The number of rotatable bonds is 13. The van der Waals surface area contributed by atoms with E-state index in [2.05, 4.69) is 25.8 Å². The van der Waals surface area contributed by atoms with Crippen LogP contribution in [-0.2, 0) is 25.3 Å². The fraction of sp³-hybridized carbons (Fsp3) is 0.484. The van der Waals surface area contributed by atoms with Crippen LogP contribution < -0.4 is 0 Å². The number of hydrogen-bond donors (Lipinski definition) is 0. The van der Waals surface area contributed by atoms with Gasteiger partial charge in [-0.15, -0.1) is 0 Å². The molecule has 4 atom stereocenters. The van der Waals surface area contributed by atoms with E-state index in [0.29, 0.717) is 18.7 Å². The lowest BCUT2D eigenvalue weighted by atomic mass is 9.77. The second-order valence-corrected chi connectivity index (χ2v) is 16.2. The predicted octanol–water partition coefficient (Wildman–Crippen LogP) is 4.95. The Kier molecular flexibility index (Phi) is 9.93. The highest BCUT2D eigenvalue weighted by molar-refractivity contribution is 6.73. The highest BCUT2D eigenvalue weighted by Gasteiger charge is 2.61. The van der Waals surface area contributed by atoms with Crippen LogP contribution in [0.2, 0.25) is 18.1 Å². The van der Waals surface area contributed by atoms with Crippen LogP contribution in [0.15, 0.2) is 59.9 Å². The zero-order chi connectivity index (χ0) is 31.5. The molecular formula is C31H40N4O7Si. The van der Waals surface area contributed by atoms with Gasteiger partial charge in [0.25, 0.3) is 5.69 Å². The molecule has 1 aromatic heterocycles. The van der Waals surface area contributed by atoms with Crippen LogP contribution in [0.1, 0.15) is 50.7 Å². The number of carbonyl (C=O) groups is 3. The lowest BCUT2D eigenvalue weighted by molar-refractivity contribution is -0.384. The Labute approximate surface area is 253 Å². The van der Waals surface area contributed by atoms with E-state index in [-0.39, 0.29) is 40.9 Å². The topological polar surface area (TPSA) is 132 Å². The lowest BCUT2D eigenvalue weighted by Gasteiger charge is -2.49. The fourth-order valence-electron chi connectivity index (χ4n) is 6.32. The summed E-state index contributed by atoms with van der Waals surface area (Å²) in [5, 5.41) is 11.0. The zero-order valence-electron chi connectivity index (χ0n) is 25.6. The maximum absolute atomic E-state index is 13.7. The first kappa shape index (κ1) is 32.2. The Morgan fingerprint density at radius 3 is 2.28 bits per heavy atom. The summed E-state index contributed by atoms with van der Waals surface area (Å²) < 4.78 is 12.0. The molecule has 1 saturated heterocycles. The quantitative estimate of drug-likeness (QED) is 0.0774. The summed E-state index contributed by atoms with van der Waals surface area (Å²) in [7, 11) is -0.0885. The second-order valence-electron chi connectivity index (χ2n) is 11.4. The summed E-state index contributed by atoms with van der Waals surface area (Å²) in [5.41, 5.74) is 1.45. The fourth-order valence-corrected chi connectivity index (χ4v) is 9.26. The number of carbonyl (C=O) groups excluding carboxylic acids is 3. The molecule has 0 N–H and O–H groups in total. The third-order valence-corrected chi connectivity index (χ3v) is 13.7. The minimum absolute atomic E-state index is 0.00852. The number of pyridine rings is 1. The lowest BCUT2D eigenvalue weighted by Crippen LogP contribution is -2.65. The first-order chi connectivity index (χ1) is 20.5. The number of nitro groups is 1. The Hall–Kier alpha value is -3.74. The third kappa shape index (κ3) is 6.46. The van der Waals surface area contributed by atoms with Gasteiger partial charge in [-0.1, -0.05) is 33.8 Å². The van der Waals surface area contributed by atoms with E-state index in [9.17, 15) is 24.5 Å². The summed E-state index contributed by atoms with van der Waals surface area (Å²) in [4.78, 5) is 58.5. The van der Waals surface area contributed by atoms with E-state index in [1.807, 2.05) is 44.0 Å². The molecule has 1 amide bonds. The van der Waals surface area contributed by atoms with Gasteiger partial charge in [0, 0.05) is 37.3 Å². The third-order valence-electron chi connectivity index (χ3n) is 8.96. The number of β-lactam (4-membered cyclic amide) rings is 1. The first-order valence-corrected chi connectivity index (χ1v) is 17.3. The Bertz CT molecular complexity index is 1390. The van der Waals surface area contributed by atoms with E-state index in [4.69, 9.17) is 9.16 Å². The number of ether oxygens (including phenoxy) is 1. The smallest absolute Gasteiger partial charge is 0.362 e. The largest absolute Gasteiger partial charge is 0.413 e. The standard InChI is InChI=1S/C31H40N4O7Si/c1-7-43(8-2,9-3)42-21(5)26-27-20(4)25(19-33(6)18-23-12-10-11-17-32-23)28(34(27)29(26)36)31(38)41-30(37)22-13-15-24(16-14-22)35(39)40/h10-17,20-21,26-27H,7-9,18-19H2,1-6H3/t20-,21+,26+,27+/m0/s1. The monoisotopic (exact) mass is 608 g/mol. The molecule has 2 aliphatic heterocycles. The molecule has 0 unspecified atom stereocenters. The van der Waals surface area contributed by atoms with E-state index >= 15 is 0 Å². The number of aromatic nitrogens is 1. The summed E-state index contributed by atoms with van der Waals surface area (Å²) in [6, 6.07) is 13.0. The average molecular weight is 609 g/mol. The van der Waals surface area contributed by atoms with Crippen LogP contribution in [0.4, 0.5) is 5.69 Å². The highest BCUT2D eigenvalue weighted by atomic mass is 28.4. The molecule has 0 radical (unpaired) electrons. The van der Waals surface area contributed by atoms with Crippen molar-refractivity contribution in [2.24, 2.45) is 11.8 Å². The van der Waals surface area contributed by atoms with Gasteiger partial charge < -0.3 is 14.1 Å². The molecule has 4 rings (SSSR count). The van der Waals surface area contributed by atoms with Crippen molar-refractivity contribution in [3.05, 3.63) is 81.3 Å². The first-order valence-electron chi connectivity index (χ1n) is 14.8. The van der Waals surface area contributed by atoms with E-state index in [0.717, 1.165) is 23.8 Å². The number of hydrogen-bond acceptors (Lipinski definition) is 9. The van der Waals surface area contributed by atoms with Crippen LogP contribution in [0, 0.1) is 22.0 Å². The van der Waals surface area contributed by atoms with Crippen LogP contribution >= 0.6 is 0 Å². The maximum atomic E-state index is 13.7.